The van der Waals surface area contributed by atoms with Crippen LogP contribution in [0.5, 0.6) is 0 Å². The summed E-state index contributed by atoms with van der Waals surface area (Å²) in [5.41, 5.74) is -0.163. The molecule has 1 heterocycles. The molecular weight excluding hydrogens is 204 g/mol. The van der Waals surface area contributed by atoms with Gasteiger partial charge in [-0.3, -0.25) is 10.1 Å². The number of hydrogen-bond donors (Lipinski definition) is 1. The lowest BCUT2D eigenvalue weighted by Crippen LogP contribution is -2.35. The monoisotopic (exact) mass is 226 g/mol. The van der Waals surface area contributed by atoms with Crippen LogP contribution in [0.3, 0.4) is 0 Å². The van der Waals surface area contributed by atoms with E-state index in [0.29, 0.717) is 5.91 Å². The van der Waals surface area contributed by atoms with E-state index in [1.54, 1.807) is 0 Å². The number of amides is 1. The average Bonchev–Trinajstić information content (AvgIpc) is 2.98. The SMILES string of the molecule is CCCOCCCN1C(=O)C2(CC2)NC1C. The number of nitrogens with one attached hydrogen (secondary N) is 1. The fourth-order valence-corrected chi connectivity index (χ4v) is 2.35. The lowest BCUT2D eigenvalue weighted by Gasteiger charge is -2.20. The van der Waals surface area contributed by atoms with E-state index in [1.807, 2.05) is 4.90 Å². The molecule has 1 aliphatic carbocycles. The van der Waals surface area contributed by atoms with E-state index in [4.69, 9.17) is 4.74 Å². The first-order chi connectivity index (χ1) is 7.69. The maximum Gasteiger partial charge on any atom is 0.244 e. The highest BCUT2D eigenvalue weighted by molar-refractivity contribution is 5.91. The van der Waals surface area contributed by atoms with Gasteiger partial charge in [0.1, 0.15) is 0 Å². The first-order valence-electron chi connectivity index (χ1n) is 6.36. The minimum absolute atomic E-state index is 0.163. The molecule has 2 aliphatic rings. The molecule has 4 heteroatoms. The van der Waals surface area contributed by atoms with E-state index in [2.05, 4.69) is 19.2 Å². The number of carbonyl (C=O) groups excluding carboxylic acids is 1. The van der Waals surface area contributed by atoms with E-state index in [1.165, 1.54) is 0 Å². The molecule has 1 saturated heterocycles. The summed E-state index contributed by atoms with van der Waals surface area (Å²) < 4.78 is 5.42. The smallest absolute Gasteiger partial charge is 0.244 e. The van der Waals surface area contributed by atoms with E-state index in [9.17, 15) is 4.79 Å². The number of hydrogen-bond acceptors (Lipinski definition) is 3. The molecule has 0 radical (unpaired) electrons. The quantitative estimate of drug-likeness (QED) is 0.690. The van der Waals surface area contributed by atoms with E-state index >= 15 is 0 Å². The number of ether oxygens (including phenoxy) is 1. The molecule has 0 bridgehead atoms. The van der Waals surface area contributed by atoms with Crippen LogP contribution in [0.15, 0.2) is 0 Å². The van der Waals surface area contributed by atoms with Gasteiger partial charge in [-0.1, -0.05) is 6.92 Å². The molecule has 0 aromatic carbocycles. The maximum atomic E-state index is 12.0. The third kappa shape index (κ3) is 2.23. The normalized spacial score (nSPS) is 26.8. The second kappa shape index (κ2) is 4.72. The van der Waals surface area contributed by atoms with Crippen LogP contribution in [0, 0.1) is 0 Å². The molecule has 1 amide bonds. The Kier molecular flexibility index (Phi) is 3.50. The predicted octanol–water partition coefficient (Wildman–Crippen LogP) is 1.11. The molecule has 2 fully saturated rings. The summed E-state index contributed by atoms with van der Waals surface area (Å²) in [6, 6.07) is 0. The maximum absolute atomic E-state index is 12.0. The Labute approximate surface area is 97.3 Å². The van der Waals surface area contributed by atoms with E-state index < -0.39 is 0 Å². The number of rotatable bonds is 6. The second-order valence-corrected chi connectivity index (χ2v) is 4.87. The zero-order valence-corrected chi connectivity index (χ0v) is 10.3. The number of nitrogens with zero attached hydrogens (tertiary/aromatic N) is 1. The molecular formula is C12H22N2O2. The second-order valence-electron chi connectivity index (χ2n) is 4.87. The molecule has 4 nitrogen and oxygen atoms in total. The average molecular weight is 226 g/mol. The van der Waals surface area contributed by atoms with E-state index in [0.717, 1.165) is 45.4 Å². The summed E-state index contributed by atoms with van der Waals surface area (Å²) in [7, 11) is 0. The summed E-state index contributed by atoms with van der Waals surface area (Å²) in [5.74, 6) is 0.301. The molecule has 1 aliphatic heterocycles. The Morgan fingerprint density at radius 3 is 2.81 bits per heavy atom. The number of carbonyl (C=O) groups is 1. The van der Waals surface area contributed by atoms with Crippen LogP contribution in [0.1, 0.15) is 39.5 Å². The summed E-state index contributed by atoms with van der Waals surface area (Å²) in [6.07, 6.45) is 4.22. The molecule has 1 unspecified atom stereocenters. The Hall–Kier alpha value is -0.610. The van der Waals surface area contributed by atoms with Crippen molar-refractivity contribution in [2.45, 2.75) is 51.2 Å². The topological polar surface area (TPSA) is 41.6 Å². The van der Waals surface area contributed by atoms with Crippen LogP contribution in [0.2, 0.25) is 0 Å². The van der Waals surface area contributed by atoms with Crippen molar-refractivity contribution in [1.29, 1.82) is 0 Å². The van der Waals surface area contributed by atoms with Gasteiger partial charge in [0.25, 0.3) is 0 Å². The van der Waals surface area contributed by atoms with Gasteiger partial charge in [0, 0.05) is 19.8 Å². The highest BCUT2D eigenvalue weighted by Gasteiger charge is 2.57. The molecule has 92 valence electrons. The van der Waals surface area contributed by atoms with Crippen molar-refractivity contribution < 1.29 is 9.53 Å². The molecule has 16 heavy (non-hydrogen) atoms. The first-order valence-corrected chi connectivity index (χ1v) is 6.36. The van der Waals surface area contributed by atoms with Gasteiger partial charge in [-0.05, 0) is 32.6 Å². The lowest BCUT2D eigenvalue weighted by molar-refractivity contribution is -0.130. The van der Waals surface area contributed by atoms with Crippen molar-refractivity contribution in [2.75, 3.05) is 19.8 Å². The largest absolute Gasteiger partial charge is 0.381 e. The van der Waals surface area contributed by atoms with Crippen molar-refractivity contribution in [3.05, 3.63) is 0 Å². The highest BCUT2D eigenvalue weighted by Crippen LogP contribution is 2.41. The van der Waals surface area contributed by atoms with Gasteiger partial charge in [0.15, 0.2) is 0 Å². The van der Waals surface area contributed by atoms with Gasteiger partial charge >= 0.3 is 0 Å². The van der Waals surface area contributed by atoms with Gasteiger partial charge < -0.3 is 9.64 Å². The fraction of sp³-hybridized carbons (Fsp3) is 0.917. The predicted molar refractivity (Wildman–Crippen MR) is 62.0 cm³/mol. The standard InChI is InChI=1S/C12H22N2O2/c1-3-8-16-9-4-7-14-10(2)13-12(5-6-12)11(14)15/h10,13H,3-9H2,1-2H3. The molecule has 0 aromatic heterocycles. The minimum atomic E-state index is -0.163. The van der Waals surface area contributed by atoms with Crippen molar-refractivity contribution in [1.82, 2.24) is 10.2 Å². The summed E-state index contributed by atoms with van der Waals surface area (Å²) in [5, 5.41) is 3.39. The van der Waals surface area contributed by atoms with Crippen LogP contribution in [0.4, 0.5) is 0 Å². The van der Waals surface area contributed by atoms with Gasteiger partial charge in [-0.15, -0.1) is 0 Å². The Balaban J connectivity index is 1.71. The van der Waals surface area contributed by atoms with Crippen molar-refractivity contribution in [3.8, 4) is 0 Å². The summed E-state index contributed by atoms with van der Waals surface area (Å²) in [6.45, 7) is 6.58. The van der Waals surface area contributed by atoms with Crippen molar-refractivity contribution in [3.63, 3.8) is 0 Å². The zero-order valence-electron chi connectivity index (χ0n) is 10.3. The van der Waals surface area contributed by atoms with Crippen LogP contribution < -0.4 is 5.32 Å². The summed E-state index contributed by atoms with van der Waals surface area (Å²) in [4.78, 5) is 14.0. The lowest BCUT2D eigenvalue weighted by atomic mass is 10.2. The minimum Gasteiger partial charge on any atom is -0.381 e. The van der Waals surface area contributed by atoms with Crippen LogP contribution in [-0.4, -0.2) is 42.3 Å². The third-order valence-electron chi connectivity index (χ3n) is 3.41. The van der Waals surface area contributed by atoms with Crippen LogP contribution in [-0.2, 0) is 9.53 Å². The van der Waals surface area contributed by atoms with Crippen molar-refractivity contribution in [2.24, 2.45) is 0 Å². The zero-order chi connectivity index (χ0) is 11.6. The molecule has 1 N–H and O–H groups in total. The third-order valence-corrected chi connectivity index (χ3v) is 3.41. The Morgan fingerprint density at radius 1 is 1.50 bits per heavy atom. The molecule has 1 saturated carbocycles. The van der Waals surface area contributed by atoms with Crippen LogP contribution >= 0.6 is 0 Å². The fourth-order valence-electron chi connectivity index (χ4n) is 2.35. The summed E-state index contributed by atoms with van der Waals surface area (Å²) >= 11 is 0. The van der Waals surface area contributed by atoms with Crippen molar-refractivity contribution >= 4 is 5.91 Å². The van der Waals surface area contributed by atoms with Crippen LogP contribution in [0.25, 0.3) is 0 Å². The Bertz CT molecular complexity index is 264. The molecule has 0 aromatic rings. The molecule has 2 rings (SSSR count). The molecule has 1 spiro atoms. The van der Waals surface area contributed by atoms with Gasteiger partial charge in [-0.25, -0.2) is 0 Å². The molecule has 1 atom stereocenters. The first kappa shape index (κ1) is 11.9. The highest BCUT2D eigenvalue weighted by atomic mass is 16.5. The van der Waals surface area contributed by atoms with Gasteiger partial charge in [0.05, 0.1) is 11.7 Å². The van der Waals surface area contributed by atoms with Gasteiger partial charge in [-0.2, -0.15) is 0 Å². The Morgan fingerprint density at radius 2 is 2.25 bits per heavy atom. The van der Waals surface area contributed by atoms with E-state index in [-0.39, 0.29) is 11.7 Å². The van der Waals surface area contributed by atoms with Gasteiger partial charge in [0.2, 0.25) is 5.91 Å².